The molecule has 0 fully saturated rings. The smallest absolute Gasteiger partial charge is 0.329 e. The molecule has 0 spiro atoms. The SMILES string of the molecule is COC(=O)C(C)(COc1ccccc1)NCc1ncc(-c2ccc(Cl)cc2)o1. The van der Waals surface area contributed by atoms with Crippen LogP contribution in [-0.4, -0.2) is 30.2 Å². The van der Waals surface area contributed by atoms with Crippen molar-refractivity contribution in [2.75, 3.05) is 13.7 Å². The number of benzene rings is 2. The van der Waals surface area contributed by atoms with Gasteiger partial charge in [-0.05, 0) is 43.3 Å². The van der Waals surface area contributed by atoms with Gasteiger partial charge in [-0.15, -0.1) is 0 Å². The zero-order valence-corrected chi connectivity index (χ0v) is 16.4. The number of halogens is 1. The number of para-hydroxylation sites is 1. The Morgan fingerprint density at radius 1 is 1.18 bits per heavy atom. The topological polar surface area (TPSA) is 73.6 Å². The molecule has 1 aromatic heterocycles. The minimum Gasteiger partial charge on any atom is -0.491 e. The Morgan fingerprint density at radius 2 is 1.89 bits per heavy atom. The molecule has 3 aromatic rings. The third kappa shape index (κ3) is 4.91. The van der Waals surface area contributed by atoms with Crippen LogP contribution in [0, 0.1) is 0 Å². The summed E-state index contributed by atoms with van der Waals surface area (Å²) in [7, 11) is 1.34. The van der Waals surface area contributed by atoms with Crippen LogP contribution in [0.5, 0.6) is 5.75 Å². The molecule has 0 aliphatic rings. The number of nitrogens with one attached hydrogen (secondary N) is 1. The van der Waals surface area contributed by atoms with Gasteiger partial charge < -0.3 is 13.9 Å². The fraction of sp³-hybridized carbons (Fsp3) is 0.238. The van der Waals surface area contributed by atoms with E-state index < -0.39 is 11.5 Å². The number of aromatic nitrogens is 1. The van der Waals surface area contributed by atoms with Crippen LogP contribution in [0.4, 0.5) is 0 Å². The summed E-state index contributed by atoms with van der Waals surface area (Å²) < 4.78 is 16.4. The summed E-state index contributed by atoms with van der Waals surface area (Å²) in [5, 5.41) is 3.78. The van der Waals surface area contributed by atoms with Gasteiger partial charge in [-0.2, -0.15) is 0 Å². The number of hydrogen-bond acceptors (Lipinski definition) is 6. The van der Waals surface area contributed by atoms with Gasteiger partial charge in [0.05, 0.1) is 19.9 Å². The molecular formula is C21H21ClN2O4. The van der Waals surface area contributed by atoms with Gasteiger partial charge in [0, 0.05) is 10.6 Å². The van der Waals surface area contributed by atoms with Gasteiger partial charge in [0.15, 0.2) is 5.76 Å². The minimum atomic E-state index is -1.07. The lowest BCUT2D eigenvalue weighted by Crippen LogP contribution is -2.54. The van der Waals surface area contributed by atoms with Crippen LogP contribution in [0.2, 0.25) is 5.02 Å². The zero-order chi connectivity index (χ0) is 20.0. The first kappa shape index (κ1) is 19.9. The molecule has 2 aromatic carbocycles. The average Bonchev–Trinajstić information content (AvgIpc) is 3.20. The van der Waals surface area contributed by atoms with Gasteiger partial charge in [-0.25, -0.2) is 9.78 Å². The second-order valence-electron chi connectivity index (χ2n) is 6.40. The van der Waals surface area contributed by atoms with E-state index >= 15 is 0 Å². The number of nitrogens with zero attached hydrogens (tertiary/aromatic N) is 1. The first-order valence-electron chi connectivity index (χ1n) is 8.72. The second-order valence-corrected chi connectivity index (χ2v) is 6.84. The first-order chi connectivity index (χ1) is 13.5. The van der Waals surface area contributed by atoms with E-state index in [2.05, 4.69) is 10.3 Å². The molecule has 28 heavy (non-hydrogen) atoms. The molecule has 1 N–H and O–H groups in total. The molecule has 0 amide bonds. The highest BCUT2D eigenvalue weighted by Crippen LogP contribution is 2.22. The van der Waals surface area contributed by atoms with E-state index in [0.717, 1.165) is 5.56 Å². The lowest BCUT2D eigenvalue weighted by Gasteiger charge is -2.27. The number of rotatable bonds is 8. The molecule has 0 aliphatic heterocycles. The van der Waals surface area contributed by atoms with Gasteiger partial charge >= 0.3 is 5.97 Å². The van der Waals surface area contributed by atoms with E-state index in [-0.39, 0.29) is 13.2 Å². The van der Waals surface area contributed by atoms with Gasteiger partial charge in [0.1, 0.15) is 17.9 Å². The van der Waals surface area contributed by atoms with Crippen molar-refractivity contribution in [1.29, 1.82) is 0 Å². The van der Waals surface area contributed by atoms with Crippen LogP contribution in [-0.2, 0) is 16.1 Å². The summed E-state index contributed by atoms with van der Waals surface area (Å²) in [4.78, 5) is 16.6. The summed E-state index contributed by atoms with van der Waals surface area (Å²) in [6.45, 7) is 2.04. The van der Waals surface area contributed by atoms with Crippen molar-refractivity contribution in [3.8, 4) is 17.1 Å². The number of oxazole rings is 1. The maximum atomic E-state index is 12.3. The number of carbonyl (C=O) groups is 1. The minimum absolute atomic E-state index is 0.0917. The third-order valence-electron chi connectivity index (χ3n) is 4.22. The van der Waals surface area contributed by atoms with Crippen molar-refractivity contribution in [2.45, 2.75) is 19.0 Å². The normalized spacial score (nSPS) is 13.0. The molecule has 6 nitrogen and oxygen atoms in total. The van der Waals surface area contributed by atoms with Crippen LogP contribution in [0.1, 0.15) is 12.8 Å². The Morgan fingerprint density at radius 3 is 2.57 bits per heavy atom. The molecule has 146 valence electrons. The Hall–Kier alpha value is -2.83. The maximum Gasteiger partial charge on any atom is 0.329 e. The number of esters is 1. The van der Waals surface area contributed by atoms with Gasteiger partial charge in [0.2, 0.25) is 5.89 Å². The predicted molar refractivity (Wildman–Crippen MR) is 106 cm³/mol. The fourth-order valence-corrected chi connectivity index (χ4v) is 2.69. The summed E-state index contributed by atoms with van der Waals surface area (Å²) >= 11 is 5.91. The summed E-state index contributed by atoms with van der Waals surface area (Å²) in [6.07, 6.45) is 1.64. The number of carbonyl (C=O) groups excluding carboxylic acids is 1. The molecule has 1 atom stereocenters. The Labute approximate surface area is 168 Å². The van der Waals surface area contributed by atoms with Crippen LogP contribution < -0.4 is 10.1 Å². The average molecular weight is 401 g/mol. The molecule has 7 heteroatoms. The molecule has 0 saturated carbocycles. The standard InChI is InChI=1S/C21H21ClN2O4/c1-21(20(25)26-2,14-27-17-6-4-3-5-7-17)24-13-19-23-12-18(28-19)15-8-10-16(22)11-9-15/h3-12,24H,13-14H2,1-2H3. The summed E-state index contributed by atoms with van der Waals surface area (Å²) in [5.41, 5.74) is -0.203. The summed E-state index contributed by atoms with van der Waals surface area (Å²) in [5.74, 6) is 1.29. The third-order valence-corrected chi connectivity index (χ3v) is 4.47. The fourth-order valence-electron chi connectivity index (χ4n) is 2.56. The Balaban J connectivity index is 1.66. The van der Waals surface area contributed by atoms with Crippen molar-refractivity contribution in [3.05, 3.63) is 71.7 Å². The molecule has 3 rings (SSSR count). The lowest BCUT2D eigenvalue weighted by molar-refractivity contribution is -0.149. The molecule has 1 heterocycles. The number of methoxy groups -OCH3 is 1. The molecule has 0 saturated heterocycles. The van der Waals surface area contributed by atoms with Crippen LogP contribution in [0.3, 0.4) is 0 Å². The van der Waals surface area contributed by atoms with Gasteiger partial charge in [-0.3, -0.25) is 5.32 Å². The van der Waals surface area contributed by atoms with Crippen LogP contribution in [0.15, 0.2) is 65.2 Å². The van der Waals surface area contributed by atoms with E-state index in [4.69, 9.17) is 25.5 Å². The van der Waals surface area contributed by atoms with E-state index in [0.29, 0.717) is 22.4 Å². The second kappa shape index (κ2) is 8.91. The van der Waals surface area contributed by atoms with Crippen LogP contribution in [0.25, 0.3) is 11.3 Å². The van der Waals surface area contributed by atoms with E-state index in [1.54, 1.807) is 25.3 Å². The molecule has 0 bridgehead atoms. The van der Waals surface area contributed by atoms with Crippen molar-refractivity contribution >= 4 is 17.6 Å². The summed E-state index contributed by atoms with van der Waals surface area (Å²) in [6, 6.07) is 16.5. The largest absolute Gasteiger partial charge is 0.491 e. The van der Waals surface area contributed by atoms with E-state index in [9.17, 15) is 4.79 Å². The molecular weight excluding hydrogens is 380 g/mol. The molecule has 0 radical (unpaired) electrons. The quantitative estimate of drug-likeness (QED) is 0.574. The highest BCUT2D eigenvalue weighted by atomic mass is 35.5. The van der Waals surface area contributed by atoms with Gasteiger partial charge in [-0.1, -0.05) is 29.8 Å². The number of hydrogen-bond donors (Lipinski definition) is 1. The number of ether oxygens (including phenoxy) is 2. The Bertz CT molecular complexity index is 912. The van der Waals surface area contributed by atoms with Crippen molar-refractivity contribution in [2.24, 2.45) is 0 Å². The molecule has 1 unspecified atom stereocenters. The monoisotopic (exact) mass is 400 g/mol. The first-order valence-corrected chi connectivity index (χ1v) is 9.10. The highest BCUT2D eigenvalue weighted by Gasteiger charge is 2.35. The van der Waals surface area contributed by atoms with Gasteiger partial charge in [0.25, 0.3) is 0 Å². The van der Waals surface area contributed by atoms with E-state index in [1.165, 1.54) is 7.11 Å². The lowest BCUT2D eigenvalue weighted by atomic mass is 10.0. The van der Waals surface area contributed by atoms with Crippen molar-refractivity contribution in [3.63, 3.8) is 0 Å². The highest BCUT2D eigenvalue weighted by molar-refractivity contribution is 6.30. The zero-order valence-electron chi connectivity index (χ0n) is 15.6. The van der Waals surface area contributed by atoms with Crippen molar-refractivity contribution < 1.29 is 18.7 Å². The van der Waals surface area contributed by atoms with E-state index in [1.807, 2.05) is 42.5 Å². The maximum absolute atomic E-state index is 12.3. The molecule has 0 aliphatic carbocycles. The van der Waals surface area contributed by atoms with Crippen molar-refractivity contribution in [1.82, 2.24) is 10.3 Å². The Kier molecular flexibility index (Phi) is 6.34. The van der Waals surface area contributed by atoms with Crippen LogP contribution >= 0.6 is 11.6 Å². The predicted octanol–water partition coefficient (Wildman–Crippen LogP) is 4.10.